The fraction of sp³-hybridized carbons (Fsp3) is 0.364. The molecule has 0 amide bonds. The fourth-order valence-corrected chi connectivity index (χ4v) is 1.32. The molecule has 0 spiro atoms. The zero-order valence-corrected chi connectivity index (χ0v) is 8.90. The molecule has 1 rings (SSSR count). The first kappa shape index (κ1) is 12.4. The van der Waals surface area contributed by atoms with Crippen LogP contribution in [0.5, 0.6) is 0 Å². The van der Waals surface area contributed by atoms with Crippen LogP contribution < -0.4 is 5.32 Å². The number of benzene rings is 1. The quantitative estimate of drug-likeness (QED) is 0.786. The van der Waals surface area contributed by atoms with Gasteiger partial charge in [0.15, 0.2) is 0 Å². The van der Waals surface area contributed by atoms with Crippen LogP contribution in [0.4, 0.5) is 10.1 Å². The van der Waals surface area contributed by atoms with Crippen LogP contribution in [0.25, 0.3) is 0 Å². The maximum absolute atomic E-state index is 13.2. The van der Waals surface area contributed by atoms with Gasteiger partial charge in [-0.1, -0.05) is 6.07 Å². The SMILES string of the molecule is COCC(CO)Nc1cccc(F)c1C#N. The molecule has 4 nitrogen and oxygen atoms in total. The summed E-state index contributed by atoms with van der Waals surface area (Å²) in [4.78, 5) is 0. The van der Waals surface area contributed by atoms with E-state index in [4.69, 9.17) is 15.1 Å². The second kappa shape index (κ2) is 6.05. The minimum absolute atomic E-state index is 0.0583. The Labute approximate surface area is 93.3 Å². The maximum atomic E-state index is 13.2. The largest absolute Gasteiger partial charge is 0.394 e. The minimum Gasteiger partial charge on any atom is -0.394 e. The molecule has 16 heavy (non-hydrogen) atoms. The molecule has 0 bridgehead atoms. The van der Waals surface area contributed by atoms with Crippen LogP contribution in [0.1, 0.15) is 5.56 Å². The van der Waals surface area contributed by atoms with E-state index in [1.54, 1.807) is 12.1 Å². The number of aliphatic hydroxyl groups is 1. The number of nitrogens with one attached hydrogen (secondary N) is 1. The summed E-state index contributed by atoms with van der Waals surface area (Å²) in [6.07, 6.45) is 0. The number of methoxy groups -OCH3 is 1. The van der Waals surface area contributed by atoms with Crippen LogP contribution in [0.3, 0.4) is 0 Å². The van der Waals surface area contributed by atoms with Crippen molar-refractivity contribution in [3.63, 3.8) is 0 Å². The van der Waals surface area contributed by atoms with Crippen LogP contribution in [0.2, 0.25) is 0 Å². The lowest BCUT2D eigenvalue weighted by molar-refractivity contribution is 0.153. The van der Waals surface area contributed by atoms with Crippen molar-refractivity contribution in [2.24, 2.45) is 0 Å². The Morgan fingerprint density at radius 3 is 2.94 bits per heavy atom. The molecular formula is C11H13FN2O2. The highest BCUT2D eigenvalue weighted by Gasteiger charge is 2.12. The van der Waals surface area contributed by atoms with Crippen LogP contribution in [0, 0.1) is 17.1 Å². The van der Waals surface area contributed by atoms with Crippen LogP contribution in [0.15, 0.2) is 18.2 Å². The number of aliphatic hydroxyl groups excluding tert-OH is 1. The predicted molar refractivity (Wildman–Crippen MR) is 57.5 cm³/mol. The molecule has 2 N–H and O–H groups in total. The molecule has 5 heteroatoms. The number of hydrogen-bond acceptors (Lipinski definition) is 4. The Hall–Kier alpha value is -1.64. The first-order valence-electron chi connectivity index (χ1n) is 4.77. The second-order valence-electron chi connectivity index (χ2n) is 3.25. The van der Waals surface area contributed by atoms with E-state index in [1.807, 2.05) is 0 Å². The Morgan fingerprint density at radius 1 is 1.62 bits per heavy atom. The third-order valence-corrected chi connectivity index (χ3v) is 2.07. The number of halogens is 1. The number of rotatable bonds is 5. The summed E-state index contributed by atoms with van der Waals surface area (Å²) in [6, 6.07) is 5.71. The molecular weight excluding hydrogens is 211 g/mol. The van der Waals surface area contributed by atoms with E-state index in [-0.39, 0.29) is 24.8 Å². The van der Waals surface area contributed by atoms with Gasteiger partial charge in [0.05, 0.1) is 24.9 Å². The van der Waals surface area contributed by atoms with Crippen molar-refractivity contribution in [2.75, 3.05) is 25.6 Å². The molecule has 0 aliphatic rings. The first-order valence-corrected chi connectivity index (χ1v) is 4.77. The molecule has 1 aromatic carbocycles. The highest BCUT2D eigenvalue weighted by atomic mass is 19.1. The molecule has 0 radical (unpaired) electrons. The number of hydrogen-bond donors (Lipinski definition) is 2. The summed E-state index contributed by atoms with van der Waals surface area (Å²) >= 11 is 0. The Balaban J connectivity index is 2.88. The van der Waals surface area contributed by atoms with E-state index in [0.29, 0.717) is 5.69 Å². The third kappa shape index (κ3) is 2.92. The molecule has 0 saturated carbocycles. The Morgan fingerprint density at radius 2 is 2.38 bits per heavy atom. The van der Waals surface area contributed by atoms with E-state index < -0.39 is 5.82 Å². The number of nitriles is 1. The van der Waals surface area contributed by atoms with Gasteiger partial charge in [-0.25, -0.2) is 4.39 Å². The first-order chi connectivity index (χ1) is 7.72. The van der Waals surface area contributed by atoms with Gasteiger partial charge in [-0.05, 0) is 12.1 Å². The number of ether oxygens (including phenoxy) is 1. The van der Waals surface area contributed by atoms with Gasteiger partial charge in [0.2, 0.25) is 0 Å². The molecule has 0 aliphatic carbocycles. The molecule has 0 saturated heterocycles. The number of anilines is 1. The highest BCUT2D eigenvalue weighted by Crippen LogP contribution is 2.18. The lowest BCUT2D eigenvalue weighted by Crippen LogP contribution is -2.29. The fourth-order valence-electron chi connectivity index (χ4n) is 1.32. The summed E-state index contributed by atoms with van der Waals surface area (Å²) in [7, 11) is 1.50. The molecule has 86 valence electrons. The topological polar surface area (TPSA) is 65.3 Å². The summed E-state index contributed by atoms with van der Waals surface area (Å²) < 4.78 is 18.1. The Bertz CT molecular complexity index is 390. The van der Waals surface area contributed by atoms with Gasteiger partial charge in [0.25, 0.3) is 0 Å². The van der Waals surface area contributed by atoms with E-state index in [2.05, 4.69) is 5.32 Å². The molecule has 0 aliphatic heterocycles. The summed E-state index contributed by atoms with van der Waals surface area (Å²) in [5.74, 6) is -0.582. The molecule has 1 aromatic rings. The zero-order valence-electron chi connectivity index (χ0n) is 8.90. The summed E-state index contributed by atoms with van der Waals surface area (Å²) in [5.41, 5.74) is 0.302. The van der Waals surface area contributed by atoms with Gasteiger partial charge in [-0.3, -0.25) is 0 Å². The van der Waals surface area contributed by atoms with Gasteiger partial charge >= 0.3 is 0 Å². The van der Waals surface area contributed by atoms with Crippen molar-refractivity contribution in [1.29, 1.82) is 5.26 Å². The van der Waals surface area contributed by atoms with E-state index in [1.165, 1.54) is 19.2 Å². The molecule has 1 atom stereocenters. The second-order valence-corrected chi connectivity index (χ2v) is 3.25. The lowest BCUT2D eigenvalue weighted by Gasteiger charge is -2.17. The Kier molecular flexibility index (Phi) is 4.70. The smallest absolute Gasteiger partial charge is 0.143 e. The molecule has 0 heterocycles. The molecule has 0 fully saturated rings. The van der Waals surface area contributed by atoms with Crippen molar-refractivity contribution in [3.05, 3.63) is 29.6 Å². The van der Waals surface area contributed by atoms with Crippen molar-refractivity contribution < 1.29 is 14.2 Å². The molecule has 0 aromatic heterocycles. The van der Waals surface area contributed by atoms with Gasteiger partial charge < -0.3 is 15.2 Å². The zero-order chi connectivity index (χ0) is 12.0. The number of nitrogens with zero attached hydrogens (tertiary/aromatic N) is 1. The predicted octanol–water partition coefficient (Wildman–Crippen LogP) is 1.12. The van der Waals surface area contributed by atoms with E-state index >= 15 is 0 Å². The van der Waals surface area contributed by atoms with Crippen molar-refractivity contribution in [2.45, 2.75) is 6.04 Å². The van der Waals surface area contributed by atoms with Gasteiger partial charge in [0, 0.05) is 7.11 Å². The normalized spacial score (nSPS) is 11.9. The van der Waals surface area contributed by atoms with Crippen LogP contribution in [-0.2, 0) is 4.74 Å². The summed E-state index contributed by atoms with van der Waals surface area (Å²) in [5, 5.41) is 20.7. The van der Waals surface area contributed by atoms with Crippen molar-refractivity contribution in [1.82, 2.24) is 0 Å². The van der Waals surface area contributed by atoms with Gasteiger partial charge in [0.1, 0.15) is 17.4 Å². The monoisotopic (exact) mass is 224 g/mol. The molecule has 1 unspecified atom stereocenters. The maximum Gasteiger partial charge on any atom is 0.143 e. The van der Waals surface area contributed by atoms with E-state index in [0.717, 1.165) is 0 Å². The highest BCUT2D eigenvalue weighted by molar-refractivity contribution is 5.58. The van der Waals surface area contributed by atoms with Crippen LogP contribution >= 0.6 is 0 Å². The lowest BCUT2D eigenvalue weighted by atomic mass is 10.1. The summed E-state index contributed by atoms with van der Waals surface area (Å²) in [6.45, 7) is 0.118. The minimum atomic E-state index is -0.582. The average Bonchev–Trinajstić information content (AvgIpc) is 2.28. The van der Waals surface area contributed by atoms with Gasteiger partial charge in [-0.2, -0.15) is 5.26 Å². The average molecular weight is 224 g/mol. The standard InChI is InChI=1S/C11H13FN2O2/c1-16-7-8(6-15)14-11-4-2-3-10(12)9(11)5-13/h2-4,8,14-15H,6-7H2,1H3. The van der Waals surface area contributed by atoms with Crippen LogP contribution in [-0.4, -0.2) is 31.5 Å². The van der Waals surface area contributed by atoms with Crippen molar-refractivity contribution >= 4 is 5.69 Å². The third-order valence-electron chi connectivity index (χ3n) is 2.07. The van der Waals surface area contributed by atoms with Gasteiger partial charge in [-0.15, -0.1) is 0 Å². The van der Waals surface area contributed by atoms with Crippen molar-refractivity contribution in [3.8, 4) is 6.07 Å². The van der Waals surface area contributed by atoms with E-state index in [9.17, 15) is 4.39 Å².